The molecule has 0 unspecified atom stereocenters. The maximum Gasteiger partial charge on any atom is 0.417 e. The first-order chi connectivity index (χ1) is 7.94. The molecule has 0 radical (unpaired) electrons. The van der Waals surface area contributed by atoms with Gasteiger partial charge in [0.15, 0.2) is 0 Å². The van der Waals surface area contributed by atoms with Gasteiger partial charge in [-0.2, -0.15) is 26.3 Å². The van der Waals surface area contributed by atoms with Crippen molar-refractivity contribution in [2.24, 2.45) is 0 Å². The number of rotatable bonds is 1. The number of carbonyl (C=O) groups excluding carboxylic acids is 1. The maximum absolute atomic E-state index is 12.5. The standard InChI is InChI=1S/C9H2BrClF6O/c10-6-4(7(11)18)1-3(8(12,13)14)2-5(6)9(15,16)17/h1-2H. The van der Waals surface area contributed by atoms with Crippen molar-refractivity contribution in [2.75, 3.05) is 0 Å². The van der Waals surface area contributed by atoms with Gasteiger partial charge in [-0.1, -0.05) is 0 Å². The summed E-state index contributed by atoms with van der Waals surface area (Å²) in [6.07, 6.45) is -10.1. The van der Waals surface area contributed by atoms with Crippen LogP contribution in [0.15, 0.2) is 16.6 Å². The molecule has 0 aliphatic heterocycles. The van der Waals surface area contributed by atoms with E-state index in [2.05, 4.69) is 15.9 Å². The Balaban J connectivity index is 3.63. The molecule has 0 saturated heterocycles. The van der Waals surface area contributed by atoms with Crippen LogP contribution >= 0.6 is 27.5 Å². The quantitative estimate of drug-likeness (QED) is 0.519. The first-order valence-corrected chi connectivity index (χ1v) is 5.29. The minimum absolute atomic E-state index is 0.0899. The lowest BCUT2D eigenvalue weighted by molar-refractivity contribution is -0.143. The molecule has 1 aromatic rings. The van der Waals surface area contributed by atoms with Crippen LogP contribution in [0.2, 0.25) is 0 Å². The second-order valence-electron chi connectivity index (χ2n) is 3.15. The van der Waals surface area contributed by atoms with E-state index in [1.54, 1.807) is 0 Å². The van der Waals surface area contributed by atoms with E-state index in [1.807, 2.05) is 0 Å². The van der Waals surface area contributed by atoms with E-state index in [9.17, 15) is 31.1 Å². The summed E-state index contributed by atoms with van der Waals surface area (Å²) >= 11 is 7.37. The topological polar surface area (TPSA) is 17.1 Å². The molecule has 0 atom stereocenters. The molecule has 18 heavy (non-hydrogen) atoms. The van der Waals surface area contributed by atoms with Gasteiger partial charge in [0.2, 0.25) is 0 Å². The zero-order valence-corrected chi connectivity index (χ0v) is 10.4. The Bertz CT molecular complexity index is 493. The van der Waals surface area contributed by atoms with Gasteiger partial charge < -0.3 is 0 Å². The van der Waals surface area contributed by atoms with Crippen molar-refractivity contribution in [1.82, 2.24) is 0 Å². The molecule has 0 amide bonds. The number of hydrogen-bond acceptors (Lipinski definition) is 1. The monoisotopic (exact) mass is 354 g/mol. The summed E-state index contributed by atoms with van der Waals surface area (Å²) in [5.41, 5.74) is -4.10. The third-order valence-electron chi connectivity index (χ3n) is 1.92. The highest BCUT2D eigenvalue weighted by Crippen LogP contribution is 2.41. The molecule has 0 bridgehead atoms. The molecule has 100 valence electrons. The number of halogens is 8. The summed E-state index contributed by atoms with van der Waals surface area (Å²) < 4.78 is 73.9. The zero-order chi connectivity index (χ0) is 14.3. The van der Waals surface area contributed by atoms with Gasteiger partial charge in [0.1, 0.15) is 0 Å². The van der Waals surface area contributed by atoms with Crippen LogP contribution in [0.5, 0.6) is 0 Å². The fourth-order valence-electron chi connectivity index (χ4n) is 1.14. The highest BCUT2D eigenvalue weighted by molar-refractivity contribution is 9.10. The van der Waals surface area contributed by atoms with Gasteiger partial charge in [0.25, 0.3) is 5.24 Å². The minimum atomic E-state index is -5.04. The molecule has 0 saturated carbocycles. The lowest BCUT2D eigenvalue weighted by atomic mass is 10.1. The van der Waals surface area contributed by atoms with E-state index in [0.29, 0.717) is 0 Å². The molecule has 1 nitrogen and oxygen atoms in total. The number of benzene rings is 1. The van der Waals surface area contributed by atoms with Crippen molar-refractivity contribution in [3.05, 3.63) is 33.3 Å². The SMILES string of the molecule is O=C(Cl)c1cc(C(F)(F)F)cc(C(F)(F)F)c1Br. The lowest BCUT2D eigenvalue weighted by Gasteiger charge is -2.15. The van der Waals surface area contributed by atoms with Crippen molar-refractivity contribution >= 4 is 32.8 Å². The summed E-state index contributed by atoms with van der Waals surface area (Å²) in [6, 6.07) is 0.169. The van der Waals surface area contributed by atoms with Gasteiger partial charge in [-0.05, 0) is 39.7 Å². The Kier molecular flexibility index (Phi) is 4.02. The molecular weight excluding hydrogens is 353 g/mol. The molecule has 0 spiro atoms. The summed E-state index contributed by atoms with van der Waals surface area (Å²) in [4.78, 5) is 10.8. The Morgan fingerprint density at radius 1 is 1.06 bits per heavy atom. The Morgan fingerprint density at radius 3 is 1.89 bits per heavy atom. The highest BCUT2D eigenvalue weighted by Gasteiger charge is 2.39. The van der Waals surface area contributed by atoms with Crippen molar-refractivity contribution in [3.63, 3.8) is 0 Å². The van der Waals surface area contributed by atoms with E-state index in [1.165, 1.54) is 0 Å². The molecule has 1 rings (SSSR count). The highest BCUT2D eigenvalue weighted by atomic mass is 79.9. The van der Waals surface area contributed by atoms with Crippen LogP contribution in [0.25, 0.3) is 0 Å². The number of carbonyl (C=O) groups is 1. The fourth-order valence-corrected chi connectivity index (χ4v) is 2.03. The minimum Gasteiger partial charge on any atom is -0.276 e. The predicted octanol–water partition coefficient (Wildman–Crippen LogP) is 4.87. The lowest BCUT2D eigenvalue weighted by Crippen LogP contribution is -2.14. The summed E-state index contributed by atoms with van der Waals surface area (Å²) in [5, 5.41) is -1.42. The normalized spacial score (nSPS) is 12.7. The smallest absolute Gasteiger partial charge is 0.276 e. The Labute approximate surface area is 110 Å². The third kappa shape index (κ3) is 3.17. The number of alkyl halides is 6. The van der Waals surface area contributed by atoms with E-state index in [-0.39, 0.29) is 12.1 Å². The molecule has 0 aliphatic carbocycles. The van der Waals surface area contributed by atoms with Crippen molar-refractivity contribution < 1.29 is 31.1 Å². The molecular formula is C9H2BrClF6O. The molecule has 9 heteroatoms. The van der Waals surface area contributed by atoms with Crippen molar-refractivity contribution in [2.45, 2.75) is 12.4 Å². The fraction of sp³-hybridized carbons (Fsp3) is 0.222. The van der Waals surface area contributed by atoms with Crippen LogP contribution in [0.1, 0.15) is 21.5 Å². The average Bonchev–Trinajstić information content (AvgIpc) is 2.13. The molecule has 0 N–H and O–H groups in total. The van der Waals surface area contributed by atoms with Gasteiger partial charge >= 0.3 is 12.4 Å². The summed E-state index contributed by atoms with van der Waals surface area (Å²) in [5.74, 6) is 0. The first-order valence-electron chi connectivity index (χ1n) is 4.12. The van der Waals surface area contributed by atoms with Crippen LogP contribution in [0.4, 0.5) is 26.3 Å². The molecule has 0 heterocycles. The summed E-state index contributed by atoms with van der Waals surface area (Å²) in [6.45, 7) is 0. The van der Waals surface area contributed by atoms with Gasteiger partial charge in [-0.15, -0.1) is 0 Å². The number of hydrogen-bond donors (Lipinski definition) is 0. The van der Waals surface area contributed by atoms with Gasteiger partial charge in [0.05, 0.1) is 11.1 Å². The van der Waals surface area contributed by atoms with E-state index >= 15 is 0 Å². The van der Waals surface area contributed by atoms with Crippen molar-refractivity contribution in [1.29, 1.82) is 0 Å². The van der Waals surface area contributed by atoms with Crippen LogP contribution in [-0.4, -0.2) is 5.24 Å². The molecule has 0 aliphatic rings. The molecule has 1 aromatic carbocycles. The van der Waals surface area contributed by atoms with E-state index < -0.39 is 38.8 Å². The first kappa shape index (κ1) is 15.3. The van der Waals surface area contributed by atoms with Crippen molar-refractivity contribution in [3.8, 4) is 0 Å². The van der Waals surface area contributed by atoms with Crippen LogP contribution < -0.4 is 0 Å². The zero-order valence-electron chi connectivity index (χ0n) is 8.09. The third-order valence-corrected chi connectivity index (χ3v) is 2.98. The van der Waals surface area contributed by atoms with E-state index in [0.717, 1.165) is 0 Å². The van der Waals surface area contributed by atoms with E-state index in [4.69, 9.17) is 11.6 Å². The molecule has 0 fully saturated rings. The predicted molar refractivity (Wildman–Crippen MR) is 54.3 cm³/mol. The second kappa shape index (κ2) is 4.73. The maximum atomic E-state index is 12.5. The Morgan fingerprint density at radius 2 is 1.56 bits per heavy atom. The Hall–Kier alpha value is -0.760. The van der Waals surface area contributed by atoms with Crippen LogP contribution in [0, 0.1) is 0 Å². The van der Waals surface area contributed by atoms with Gasteiger partial charge in [-0.3, -0.25) is 4.79 Å². The largest absolute Gasteiger partial charge is 0.417 e. The average molecular weight is 355 g/mol. The summed E-state index contributed by atoms with van der Waals surface area (Å²) in [7, 11) is 0. The van der Waals surface area contributed by atoms with Gasteiger partial charge in [0, 0.05) is 10.0 Å². The second-order valence-corrected chi connectivity index (χ2v) is 4.29. The van der Waals surface area contributed by atoms with Gasteiger partial charge in [-0.25, -0.2) is 0 Å². The van der Waals surface area contributed by atoms with Crippen LogP contribution in [-0.2, 0) is 12.4 Å². The van der Waals surface area contributed by atoms with Crippen LogP contribution in [0.3, 0.4) is 0 Å². The molecule has 0 aromatic heterocycles.